The summed E-state index contributed by atoms with van der Waals surface area (Å²) in [5.74, 6) is 0.210. The molecule has 22 heavy (non-hydrogen) atoms. The van der Waals surface area contributed by atoms with E-state index in [9.17, 15) is 9.90 Å². The van der Waals surface area contributed by atoms with Crippen LogP contribution in [0.5, 0.6) is 5.75 Å². The van der Waals surface area contributed by atoms with Gasteiger partial charge in [0.15, 0.2) is 0 Å². The van der Waals surface area contributed by atoms with Gasteiger partial charge in [-0.05, 0) is 31.2 Å². The fourth-order valence-corrected chi connectivity index (χ4v) is 2.73. The third-order valence-corrected chi connectivity index (χ3v) is 3.93. The Labute approximate surface area is 128 Å². The van der Waals surface area contributed by atoms with Crippen molar-refractivity contribution in [3.05, 3.63) is 64.6 Å². The molecule has 112 valence electrons. The third kappa shape index (κ3) is 2.22. The molecule has 0 fully saturated rings. The molecular formula is C18H18N2O2. The van der Waals surface area contributed by atoms with Crippen molar-refractivity contribution in [1.82, 2.24) is 9.13 Å². The minimum Gasteiger partial charge on any atom is -0.508 e. The molecule has 4 nitrogen and oxygen atoms in total. The van der Waals surface area contributed by atoms with Crippen LogP contribution in [0.3, 0.4) is 0 Å². The number of hydrogen-bond donors (Lipinski definition) is 1. The molecule has 1 heterocycles. The van der Waals surface area contributed by atoms with Gasteiger partial charge in [0.05, 0.1) is 11.4 Å². The molecule has 0 amide bonds. The zero-order valence-electron chi connectivity index (χ0n) is 12.9. The van der Waals surface area contributed by atoms with Gasteiger partial charge in [-0.2, -0.15) is 0 Å². The molecule has 3 rings (SSSR count). The van der Waals surface area contributed by atoms with Crippen LogP contribution >= 0.6 is 0 Å². The molecule has 0 aliphatic heterocycles. The van der Waals surface area contributed by atoms with Crippen molar-refractivity contribution in [3.63, 3.8) is 0 Å². The maximum atomic E-state index is 12.4. The lowest BCUT2D eigenvalue weighted by Gasteiger charge is -2.09. The average Bonchev–Trinajstić information content (AvgIpc) is 2.74. The first-order valence-electron chi connectivity index (χ1n) is 7.11. The Bertz CT molecular complexity index is 797. The van der Waals surface area contributed by atoms with E-state index in [4.69, 9.17) is 0 Å². The first-order valence-corrected chi connectivity index (χ1v) is 7.11. The van der Waals surface area contributed by atoms with Crippen LogP contribution in [0.25, 0.3) is 22.5 Å². The summed E-state index contributed by atoms with van der Waals surface area (Å²) in [6.07, 6.45) is 0. The van der Waals surface area contributed by atoms with E-state index in [2.05, 4.69) is 0 Å². The van der Waals surface area contributed by atoms with E-state index >= 15 is 0 Å². The molecule has 0 aliphatic carbocycles. The number of aromatic hydroxyl groups is 1. The van der Waals surface area contributed by atoms with Crippen molar-refractivity contribution in [1.29, 1.82) is 0 Å². The van der Waals surface area contributed by atoms with Crippen LogP contribution in [0.4, 0.5) is 0 Å². The lowest BCUT2D eigenvalue weighted by atomic mass is 10.0. The van der Waals surface area contributed by atoms with Gasteiger partial charge in [-0.25, -0.2) is 4.79 Å². The van der Waals surface area contributed by atoms with Crippen molar-refractivity contribution >= 4 is 0 Å². The highest BCUT2D eigenvalue weighted by Gasteiger charge is 2.18. The molecule has 0 spiro atoms. The number of hydrogen-bond acceptors (Lipinski definition) is 2. The molecule has 0 bridgehead atoms. The Kier molecular flexibility index (Phi) is 3.37. The van der Waals surface area contributed by atoms with Crippen LogP contribution in [-0.4, -0.2) is 14.2 Å². The molecular weight excluding hydrogens is 276 g/mol. The minimum absolute atomic E-state index is 0.0707. The van der Waals surface area contributed by atoms with Gasteiger partial charge in [0.2, 0.25) is 0 Å². The van der Waals surface area contributed by atoms with Gasteiger partial charge in [0, 0.05) is 25.2 Å². The molecule has 0 radical (unpaired) electrons. The Morgan fingerprint density at radius 3 is 1.64 bits per heavy atom. The van der Waals surface area contributed by atoms with Gasteiger partial charge in [-0.15, -0.1) is 0 Å². The Morgan fingerprint density at radius 2 is 1.18 bits per heavy atom. The standard InChI is InChI=1S/C18H18N2O2/c1-12-4-6-13(7-5-12)16-17(20(3)18(22)19(16)2)14-8-10-15(21)11-9-14/h4-11,21H,1-3H3. The van der Waals surface area contributed by atoms with Crippen molar-refractivity contribution in [3.8, 4) is 28.3 Å². The van der Waals surface area contributed by atoms with Crippen molar-refractivity contribution in [2.75, 3.05) is 0 Å². The summed E-state index contributed by atoms with van der Waals surface area (Å²) < 4.78 is 3.30. The van der Waals surface area contributed by atoms with E-state index < -0.39 is 0 Å². The number of nitrogens with zero attached hydrogens (tertiary/aromatic N) is 2. The Hall–Kier alpha value is -2.75. The van der Waals surface area contributed by atoms with E-state index in [1.807, 2.05) is 43.3 Å². The molecule has 1 aromatic heterocycles. The first-order chi connectivity index (χ1) is 10.5. The summed E-state index contributed by atoms with van der Waals surface area (Å²) in [5, 5.41) is 9.48. The zero-order valence-corrected chi connectivity index (χ0v) is 12.9. The lowest BCUT2D eigenvalue weighted by molar-refractivity contribution is 0.475. The normalized spacial score (nSPS) is 10.9. The molecule has 0 unspecified atom stereocenters. The quantitative estimate of drug-likeness (QED) is 0.789. The van der Waals surface area contributed by atoms with Crippen LogP contribution in [0.2, 0.25) is 0 Å². The van der Waals surface area contributed by atoms with Crippen molar-refractivity contribution in [2.24, 2.45) is 14.1 Å². The average molecular weight is 294 g/mol. The van der Waals surface area contributed by atoms with Gasteiger partial charge in [0.25, 0.3) is 0 Å². The molecule has 1 N–H and O–H groups in total. The van der Waals surface area contributed by atoms with Gasteiger partial charge < -0.3 is 5.11 Å². The highest BCUT2D eigenvalue weighted by Crippen LogP contribution is 2.31. The molecule has 0 saturated heterocycles. The van der Waals surface area contributed by atoms with Gasteiger partial charge in [0.1, 0.15) is 5.75 Å². The summed E-state index contributed by atoms with van der Waals surface area (Å²) in [5.41, 5.74) is 4.71. The highest BCUT2D eigenvalue weighted by molar-refractivity contribution is 5.79. The molecule has 0 atom stereocenters. The van der Waals surface area contributed by atoms with E-state index in [1.165, 1.54) is 5.56 Å². The molecule has 4 heteroatoms. The largest absolute Gasteiger partial charge is 0.508 e. The Morgan fingerprint density at radius 1 is 0.773 bits per heavy atom. The molecule has 0 aliphatic rings. The molecule has 0 saturated carbocycles. The second kappa shape index (κ2) is 5.22. The van der Waals surface area contributed by atoms with Crippen LogP contribution in [0, 0.1) is 6.92 Å². The van der Waals surface area contributed by atoms with Crippen LogP contribution < -0.4 is 5.69 Å². The van der Waals surface area contributed by atoms with Crippen LogP contribution in [-0.2, 0) is 14.1 Å². The van der Waals surface area contributed by atoms with Gasteiger partial charge >= 0.3 is 5.69 Å². The minimum atomic E-state index is -0.0707. The predicted octanol–water partition coefficient (Wildman–Crippen LogP) is 3.07. The number of rotatable bonds is 2. The van der Waals surface area contributed by atoms with Crippen LogP contribution in [0.15, 0.2) is 53.3 Å². The highest BCUT2D eigenvalue weighted by atomic mass is 16.3. The number of aromatic nitrogens is 2. The molecule has 2 aromatic carbocycles. The number of imidazole rings is 1. The first kappa shape index (κ1) is 14.2. The third-order valence-electron chi connectivity index (χ3n) is 3.93. The maximum absolute atomic E-state index is 12.4. The summed E-state index contributed by atoms with van der Waals surface area (Å²) >= 11 is 0. The van der Waals surface area contributed by atoms with E-state index in [1.54, 1.807) is 35.4 Å². The topological polar surface area (TPSA) is 47.2 Å². The Balaban J connectivity index is 2.30. The summed E-state index contributed by atoms with van der Waals surface area (Å²) in [6.45, 7) is 2.04. The predicted molar refractivity (Wildman–Crippen MR) is 87.9 cm³/mol. The fraction of sp³-hybridized carbons (Fsp3) is 0.167. The molecule has 3 aromatic rings. The summed E-state index contributed by atoms with van der Waals surface area (Å²) in [6, 6.07) is 15.0. The van der Waals surface area contributed by atoms with E-state index in [0.717, 1.165) is 22.5 Å². The maximum Gasteiger partial charge on any atom is 0.328 e. The van der Waals surface area contributed by atoms with Crippen LogP contribution in [0.1, 0.15) is 5.56 Å². The number of phenols is 1. The summed E-state index contributed by atoms with van der Waals surface area (Å²) in [7, 11) is 3.55. The number of phenolic OH excluding ortho intramolecular Hbond substituents is 1. The van der Waals surface area contributed by atoms with Crippen molar-refractivity contribution in [2.45, 2.75) is 6.92 Å². The second-order valence-electron chi connectivity index (χ2n) is 5.51. The van der Waals surface area contributed by atoms with Gasteiger partial charge in [-0.1, -0.05) is 29.8 Å². The SMILES string of the molecule is Cc1ccc(-c2c(-c3ccc(O)cc3)n(C)c(=O)n2C)cc1. The zero-order chi connectivity index (χ0) is 15.9. The monoisotopic (exact) mass is 294 g/mol. The summed E-state index contributed by atoms with van der Waals surface area (Å²) in [4.78, 5) is 12.4. The lowest BCUT2D eigenvalue weighted by Crippen LogP contribution is -2.20. The number of benzene rings is 2. The van der Waals surface area contributed by atoms with E-state index in [0.29, 0.717) is 0 Å². The van der Waals surface area contributed by atoms with E-state index in [-0.39, 0.29) is 11.4 Å². The van der Waals surface area contributed by atoms with Crippen molar-refractivity contribution < 1.29 is 5.11 Å². The smallest absolute Gasteiger partial charge is 0.328 e. The fourth-order valence-electron chi connectivity index (χ4n) is 2.73. The number of aryl methyl sites for hydroxylation is 1. The van der Waals surface area contributed by atoms with Gasteiger partial charge in [-0.3, -0.25) is 9.13 Å². The second-order valence-corrected chi connectivity index (χ2v) is 5.51.